The molecule has 0 bridgehead atoms. The molecule has 2 aromatic carbocycles. The van der Waals surface area contributed by atoms with Gasteiger partial charge in [0, 0.05) is 36.9 Å². The molecule has 1 saturated heterocycles. The zero-order chi connectivity index (χ0) is 22.8. The van der Waals surface area contributed by atoms with E-state index < -0.39 is 26.1 Å². The molecular formula is C19H23ClN4O5S2. The Bertz CT molecular complexity index is 1140. The third-order valence-corrected chi connectivity index (χ3v) is 8.20. The number of halogens is 1. The van der Waals surface area contributed by atoms with Gasteiger partial charge < -0.3 is 5.32 Å². The lowest BCUT2D eigenvalue weighted by Crippen LogP contribution is -2.53. The average molecular weight is 487 g/mol. The third kappa shape index (κ3) is 5.62. The fraction of sp³-hybridized carbons (Fsp3) is 0.316. The van der Waals surface area contributed by atoms with E-state index in [0.29, 0.717) is 23.8 Å². The predicted octanol–water partition coefficient (Wildman–Crippen LogP) is 1.32. The number of primary sulfonamides is 1. The molecule has 168 valence electrons. The van der Waals surface area contributed by atoms with Crippen LogP contribution in [0.5, 0.6) is 0 Å². The SMILES string of the molecule is CC(C(=O)Nc1ccc(S(N)(=O)=O)cc1)N1CCN(S(=O)(=O)c2ccc(Cl)cc2)CC1. The average Bonchev–Trinajstić information content (AvgIpc) is 2.73. The molecule has 0 radical (unpaired) electrons. The molecule has 3 N–H and O–H groups in total. The van der Waals surface area contributed by atoms with E-state index >= 15 is 0 Å². The van der Waals surface area contributed by atoms with Crippen molar-refractivity contribution in [2.45, 2.75) is 22.8 Å². The lowest BCUT2D eigenvalue weighted by atomic mass is 10.2. The Morgan fingerprint density at radius 2 is 1.45 bits per heavy atom. The van der Waals surface area contributed by atoms with Crippen molar-refractivity contribution in [3.8, 4) is 0 Å². The molecule has 2 aromatic rings. The van der Waals surface area contributed by atoms with Gasteiger partial charge in [-0.3, -0.25) is 9.69 Å². The molecule has 1 aliphatic heterocycles. The van der Waals surface area contributed by atoms with E-state index in [1.54, 1.807) is 6.92 Å². The lowest BCUT2D eigenvalue weighted by molar-refractivity contribution is -0.121. The van der Waals surface area contributed by atoms with Crippen LogP contribution in [-0.4, -0.2) is 64.2 Å². The minimum atomic E-state index is -3.80. The van der Waals surface area contributed by atoms with E-state index in [-0.39, 0.29) is 28.8 Å². The molecule has 3 rings (SSSR count). The van der Waals surface area contributed by atoms with E-state index in [4.69, 9.17) is 16.7 Å². The molecule has 1 aliphatic rings. The van der Waals surface area contributed by atoms with Gasteiger partial charge in [-0.05, 0) is 55.5 Å². The van der Waals surface area contributed by atoms with Crippen LogP contribution in [0.4, 0.5) is 5.69 Å². The minimum Gasteiger partial charge on any atom is -0.325 e. The third-order valence-electron chi connectivity index (χ3n) is 5.10. The van der Waals surface area contributed by atoms with E-state index in [1.165, 1.54) is 52.8 Å². The van der Waals surface area contributed by atoms with Gasteiger partial charge in [-0.15, -0.1) is 0 Å². The number of nitrogens with zero attached hydrogens (tertiary/aromatic N) is 2. The van der Waals surface area contributed by atoms with Gasteiger partial charge in [-0.25, -0.2) is 22.0 Å². The molecule has 31 heavy (non-hydrogen) atoms. The van der Waals surface area contributed by atoms with Crippen molar-refractivity contribution in [1.29, 1.82) is 0 Å². The Balaban J connectivity index is 1.58. The highest BCUT2D eigenvalue weighted by molar-refractivity contribution is 7.89. The Morgan fingerprint density at radius 3 is 1.97 bits per heavy atom. The van der Waals surface area contributed by atoms with Crippen molar-refractivity contribution in [2.24, 2.45) is 5.14 Å². The van der Waals surface area contributed by atoms with Crippen LogP contribution >= 0.6 is 11.6 Å². The van der Waals surface area contributed by atoms with Crippen LogP contribution in [0.15, 0.2) is 58.3 Å². The van der Waals surface area contributed by atoms with Crippen molar-refractivity contribution in [3.63, 3.8) is 0 Å². The van der Waals surface area contributed by atoms with Crippen molar-refractivity contribution < 1.29 is 21.6 Å². The van der Waals surface area contributed by atoms with Gasteiger partial charge in [-0.2, -0.15) is 4.31 Å². The largest absolute Gasteiger partial charge is 0.325 e. The van der Waals surface area contributed by atoms with Gasteiger partial charge in [0.2, 0.25) is 26.0 Å². The van der Waals surface area contributed by atoms with Gasteiger partial charge in [0.1, 0.15) is 0 Å². The zero-order valence-electron chi connectivity index (χ0n) is 16.7. The quantitative estimate of drug-likeness (QED) is 0.633. The number of carbonyl (C=O) groups is 1. The summed E-state index contributed by atoms with van der Waals surface area (Å²) in [6.07, 6.45) is 0. The van der Waals surface area contributed by atoms with Crippen LogP contribution in [0, 0.1) is 0 Å². The second-order valence-electron chi connectivity index (χ2n) is 7.13. The van der Waals surface area contributed by atoms with Gasteiger partial charge in [-0.1, -0.05) is 11.6 Å². The van der Waals surface area contributed by atoms with Gasteiger partial charge >= 0.3 is 0 Å². The van der Waals surface area contributed by atoms with Gasteiger partial charge in [0.15, 0.2) is 0 Å². The number of hydrogen-bond acceptors (Lipinski definition) is 6. The summed E-state index contributed by atoms with van der Waals surface area (Å²) in [7, 11) is -7.43. The standard InChI is InChI=1S/C19H23ClN4O5S2/c1-14(19(25)22-16-4-8-17(9-5-16)30(21,26)27)23-10-12-24(13-11-23)31(28,29)18-6-2-15(20)3-7-18/h2-9,14H,10-13H2,1H3,(H,22,25)(H2,21,26,27). The molecule has 0 aliphatic carbocycles. The number of amides is 1. The first-order valence-electron chi connectivity index (χ1n) is 9.42. The first-order chi connectivity index (χ1) is 14.5. The number of piperazine rings is 1. The fourth-order valence-corrected chi connectivity index (χ4v) is 5.29. The van der Waals surface area contributed by atoms with Crippen LogP contribution < -0.4 is 10.5 Å². The van der Waals surface area contributed by atoms with Crippen molar-refractivity contribution in [2.75, 3.05) is 31.5 Å². The van der Waals surface area contributed by atoms with Crippen LogP contribution in [-0.2, 0) is 24.8 Å². The molecule has 0 saturated carbocycles. The summed E-state index contributed by atoms with van der Waals surface area (Å²) in [4.78, 5) is 14.6. The van der Waals surface area contributed by atoms with Crippen molar-refractivity contribution in [1.82, 2.24) is 9.21 Å². The summed E-state index contributed by atoms with van der Waals surface area (Å²) in [5, 5.41) is 8.26. The second kappa shape index (κ2) is 9.23. The Hall–Kier alpha value is -2.02. The number of benzene rings is 2. The molecule has 12 heteroatoms. The number of hydrogen-bond donors (Lipinski definition) is 2. The molecule has 1 heterocycles. The topological polar surface area (TPSA) is 130 Å². The number of anilines is 1. The van der Waals surface area contributed by atoms with Crippen LogP contribution in [0.25, 0.3) is 0 Å². The van der Waals surface area contributed by atoms with Crippen LogP contribution in [0.2, 0.25) is 5.02 Å². The number of carbonyl (C=O) groups excluding carboxylic acids is 1. The molecule has 1 fully saturated rings. The maximum Gasteiger partial charge on any atom is 0.243 e. The molecule has 1 unspecified atom stereocenters. The van der Waals surface area contributed by atoms with E-state index in [0.717, 1.165) is 0 Å². The lowest BCUT2D eigenvalue weighted by Gasteiger charge is -2.36. The highest BCUT2D eigenvalue weighted by Gasteiger charge is 2.31. The molecule has 1 atom stereocenters. The molecule has 0 spiro atoms. The number of rotatable bonds is 6. The maximum atomic E-state index is 12.8. The van der Waals surface area contributed by atoms with Crippen molar-refractivity contribution in [3.05, 3.63) is 53.6 Å². The molecule has 9 nitrogen and oxygen atoms in total. The molecule has 1 amide bonds. The normalized spacial score (nSPS) is 17.3. The highest BCUT2D eigenvalue weighted by Crippen LogP contribution is 2.21. The molecular weight excluding hydrogens is 464 g/mol. The smallest absolute Gasteiger partial charge is 0.243 e. The van der Waals surface area contributed by atoms with E-state index in [1.807, 2.05) is 4.90 Å². The first-order valence-corrected chi connectivity index (χ1v) is 12.8. The van der Waals surface area contributed by atoms with Gasteiger partial charge in [0.05, 0.1) is 15.8 Å². The second-order valence-corrected chi connectivity index (χ2v) is 11.1. The highest BCUT2D eigenvalue weighted by atomic mass is 35.5. The number of nitrogens with two attached hydrogens (primary N) is 1. The maximum absolute atomic E-state index is 12.8. The first kappa shape index (κ1) is 23.6. The summed E-state index contributed by atoms with van der Waals surface area (Å²) in [6, 6.07) is 11.1. The molecule has 0 aromatic heterocycles. The van der Waals surface area contributed by atoms with Crippen LogP contribution in [0.1, 0.15) is 6.92 Å². The Morgan fingerprint density at radius 1 is 0.935 bits per heavy atom. The van der Waals surface area contributed by atoms with E-state index in [2.05, 4.69) is 5.32 Å². The summed E-state index contributed by atoms with van der Waals surface area (Å²) in [5.41, 5.74) is 0.438. The predicted molar refractivity (Wildman–Crippen MR) is 118 cm³/mol. The van der Waals surface area contributed by atoms with Crippen LogP contribution in [0.3, 0.4) is 0 Å². The summed E-state index contributed by atoms with van der Waals surface area (Å²) in [6.45, 7) is 3.03. The summed E-state index contributed by atoms with van der Waals surface area (Å²) in [5.74, 6) is -0.280. The monoisotopic (exact) mass is 486 g/mol. The number of nitrogens with one attached hydrogen (secondary N) is 1. The van der Waals surface area contributed by atoms with E-state index in [9.17, 15) is 21.6 Å². The Kier molecular flexibility index (Phi) is 7.04. The van der Waals surface area contributed by atoms with Gasteiger partial charge in [0.25, 0.3) is 0 Å². The minimum absolute atomic E-state index is 0.0448. The summed E-state index contributed by atoms with van der Waals surface area (Å²) >= 11 is 5.83. The van der Waals surface area contributed by atoms with Crippen molar-refractivity contribution >= 4 is 43.2 Å². The number of sulfonamides is 2. The fourth-order valence-electron chi connectivity index (χ4n) is 3.23. The summed E-state index contributed by atoms with van der Waals surface area (Å²) < 4.78 is 49.6. The Labute approximate surface area is 186 Å². The zero-order valence-corrected chi connectivity index (χ0v) is 19.1.